The van der Waals surface area contributed by atoms with E-state index in [1.54, 1.807) is 17.0 Å². The summed E-state index contributed by atoms with van der Waals surface area (Å²) < 4.78 is 11.5. The molecule has 1 aliphatic heterocycles. The predicted octanol–water partition coefficient (Wildman–Crippen LogP) is 3.21. The van der Waals surface area contributed by atoms with Gasteiger partial charge in [-0.05, 0) is 31.5 Å². The van der Waals surface area contributed by atoms with Gasteiger partial charge in [-0.1, -0.05) is 30.3 Å². The molecule has 0 fully saturated rings. The molecule has 0 atom stereocenters. The fraction of sp³-hybridized carbons (Fsp3) is 0.263. The van der Waals surface area contributed by atoms with E-state index in [-0.39, 0.29) is 18.6 Å². The Labute approximate surface area is 140 Å². The van der Waals surface area contributed by atoms with Gasteiger partial charge in [0.2, 0.25) is 0 Å². The number of carbonyl (C=O) groups is 2. The molecule has 2 aromatic rings. The van der Waals surface area contributed by atoms with Gasteiger partial charge >= 0.3 is 0 Å². The van der Waals surface area contributed by atoms with E-state index in [9.17, 15) is 9.59 Å². The lowest BCUT2D eigenvalue weighted by Crippen LogP contribution is -2.43. The molecule has 5 heteroatoms. The Balaban J connectivity index is 1.97. The third kappa shape index (κ3) is 3.11. The molecule has 0 saturated heterocycles. The Bertz CT molecular complexity index is 755. The highest BCUT2D eigenvalue weighted by molar-refractivity contribution is 6.00. The van der Waals surface area contributed by atoms with E-state index in [2.05, 4.69) is 0 Å². The first-order valence-electron chi connectivity index (χ1n) is 7.85. The van der Waals surface area contributed by atoms with Crippen molar-refractivity contribution >= 4 is 17.9 Å². The molecular weight excluding hydrogens is 306 g/mol. The molecule has 0 aliphatic carbocycles. The number of benzene rings is 2. The predicted molar refractivity (Wildman–Crippen MR) is 90.7 cm³/mol. The van der Waals surface area contributed by atoms with Gasteiger partial charge in [0.1, 0.15) is 12.9 Å². The summed E-state index contributed by atoms with van der Waals surface area (Å²) in [5.74, 6) is 0.844. The van der Waals surface area contributed by atoms with Crippen LogP contribution in [0.3, 0.4) is 0 Å². The van der Waals surface area contributed by atoms with Crippen LogP contribution in [0.5, 0.6) is 11.5 Å². The molecule has 0 N–H and O–H groups in total. The molecule has 1 aliphatic rings. The fourth-order valence-corrected chi connectivity index (χ4v) is 2.75. The van der Waals surface area contributed by atoms with E-state index >= 15 is 0 Å². The lowest BCUT2D eigenvalue weighted by atomic mass is 10.1. The molecule has 0 unspecified atom stereocenters. The van der Waals surface area contributed by atoms with Gasteiger partial charge in [-0.25, -0.2) is 0 Å². The van der Waals surface area contributed by atoms with Crippen molar-refractivity contribution in [2.75, 3.05) is 11.5 Å². The maximum absolute atomic E-state index is 12.2. The van der Waals surface area contributed by atoms with Crippen LogP contribution in [-0.2, 0) is 11.4 Å². The largest absolute Gasteiger partial charge is 0.485 e. The zero-order valence-corrected chi connectivity index (χ0v) is 13.7. The van der Waals surface area contributed by atoms with Crippen molar-refractivity contribution in [2.24, 2.45) is 0 Å². The van der Waals surface area contributed by atoms with Gasteiger partial charge in [0, 0.05) is 11.6 Å². The van der Waals surface area contributed by atoms with Gasteiger partial charge in [-0.2, -0.15) is 0 Å². The molecule has 0 bridgehead atoms. The maximum atomic E-state index is 12.2. The Hall–Kier alpha value is -2.82. The second kappa shape index (κ2) is 6.74. The maximum Gasteiger partial charge on any atom is 0.265 e. The molecule has 1 heterocycles. The van der Waals surface area contributed by atoms with Crippen molar-refractivity contribution in [1.29, 1.82) is 0 Å². The molecule has 1 amide bonds. The number of fused-ring (bicyclic) bond motifs is 1. The van der Waals surface area contributed by atoms with Gasteiger partial charge in [0.15, 0.2) is 18.1 Å². The Morgan fingerprint density at radius 1 is 1.25 bits per heavy atom. The zero-order valence-electron chi connectivity index (χ0n) is 13.7. The van der Waals surface area contributed by atoms with Crippen LogP contribution >= 0.6 is 0 Å². The number of rotatable bonds is 5. The number of amides is 1. The van der Waals surface area contributed by atoms with Crippen molar-refractivity contribution < 1.29 is 19.1 Å². The Morgan fingerprint density at radius 2 is 2.00 bits per heavy atom. The third-order valence-electron chi connectivity index (χ3n) is 3.82. The lowest BCUT2D eigenvalue weighted by molar-refractivity contribution is -0.121. The van der Waals surface area contributed by atoms with Crippen LogP contribution in [0.1, 0.15) is 29.8 Å². The van der Waals surface area contributed by atoms with Gasteiger partial charge in [0.05, 0.1) is 5.69 Å². The quantitative estimate of drug-likeness (QED) is 0.792. The second-order valence-electron chi connectivity index (χ2n) is 5.91. The molecule has 3 rings (SSSR count). The minimum atomic E-state index is -0.130. The molecule has 124 valence electrons. The molecule has 0 saturated carbocycles. The summed E-state index contributed by atoms with van der Waals surface area (Å²) >= 11 is 0. The molecule has 24 heavy (non-hydrogen) atoms. The number of hydrogen-bond donors (Lipinski definition) is 0. The van der Waals surface area contributed by atoms with Crippen LogP contribution in [0.25, 0.3) is 0 Å². The second-order valence-corrected chi connectivity index (χ2v) is 5.91. The topological polar surface area (TPSA) is 55.8 Å². The van der Waals surface area contributed by atoms with Crippen LogP contribution in [0, 0.1) is 0 Å². The average Bonchev–Trinajstić information content (AvgIpc) is 2.59. The Kier molecular flexibility index (Phi) is 4.51. The molecule has 0 radical (unpaired) electrons. The summed E-state index contributed by atoms with van der Waals surface area (Å²) in [5, 5.41) is 0. The summed E-state index contributed by atoms with van der Waals surface area (Å²) in [7, 11) is 0. The van der Waals surface area contributed by atoms with Gasteiger partial charge in [-0.3, -0.25) is 9.59 Å². The summed E-state index contributed by atoms with van der Waals surface area (Å²) in [6.45, 7) is 4.16. The number of ether oxygens (including phenoxy) is 2. The van der Waals surface area contributed by atoms with E-state index in [0.29, 0.717) is 29.4 Å². The zero-order chi connectivity index (χ0) is 17.1. The highest BCUT2D eigenvalue weighted by Gasteiger charge is 2.30. The summed E-state index contributed by atoms with van der Waals surface area (Å²) in [5.41, 5.74) is 2.03. The first-order valence-corrected chi connectivity index (χ1v) is 7.85. The fourth-order valence-electron chi connectivity index (χ4n) is 2.75. The van der Waals surface area contributed by atoms with E-state index in [1.165, 1.54) is 0 Å². The van der Waals surface area contributed by atoms with Crippen LogP contribution in [-0.4, -0.2) is 24.8 Å². The van der Waals surface area contributed by atoms with Gasteiger partial charge in [-0.15, -0.1) is 0 Å². The first kappa shape index (κ1) is 16.1. The van der Waals surface area contributed by atoms with Crippen LogP contribution in [0.2, 0.25) is 0 Å². The van der Waals surface area contributed by atoms with Crippen molar-refractivity contribution in [2.45, 2.75) is 26.5 Å². The third-order valence-corrected chi connectivity index (χ3v) is 3.82. The average molecular weight is 325 g/mol. The van der Waals surface area contributed by atoms with Gasteiger partial charge in [0.25, 0.3) is 5.91 Å². The lowest BCUT2D eigenvalue weighted by Gasteiger charge is -2.33. The van der Waals surface area contributed by atoms with Gasteiger partial charge < -0.3 is 14.4 Å². The molecule has 0 spiro atoms. The molecule has 5 nitrogen and oxygen atoms in total. The summed E-state index contributed by atoms with van der Waals surface area (Å²) in [6, 6.07) is 13.0. The highest BCUT2D eigenvalue weighted by atomic mass is 16.5. The van der Waals surface area contributed by atoms with Crippen molar-refractivity contribution in [1.82, 2.24) is 0 Å². The SMILES string of the molecule is CC(C)N1C(=O)COc2c(OCc3ccccc3)cc(C=O)cc21. The number of carbonyl (C=O) groups excluding carboxylic acids is 2. The normalized spacial score (nSPS) is 13.5. The number of anilines is 1. The smallest absolute Gasteiger partial charge is 0.265 e. The van der Waals surface area contributed by atoms with E-state index in [0.717, 1.165) is 11.8 Å². The molecule has 0 aromatic heterocycles. The number of aldehydes is 1. The van der Waals surface area contributed by atoms with Crippen LogP contribution < -0.4 is 14.4 Å². The summed E-state index contributed by atoms with van der Waals surface area (Å²) in [6.07, 6.45) is 0.743. The van der Waals surface area contributed by atoms with Crippen LogP contribution in [0.4, 0.5) is 5.69 Å². The van der Waals surface area contributed by atoms with Crippen molar-refractivity contribution in [3.63, 3.8) is 0 Å². The van der Waals surface area contributed by atoms with Crippen molar-refractivity contribution in [3.05, 3.63) is 53.6 Å². The molecule has 2 aromatic carbocycles. The van der Waals surface area contributed by atoms with Crippen molar-refractivity contribution in [3.8, 4) is 11.5 Å². The minimum Gasteiger partial charge on any atom is -0.485 e. The minimum absolute atomic E-state index is 0.0344. The highest BCUT2D eigenvalue weighted by Crippen LogP contribution is 2.42. The van der Waals surface area contributed by atoms with Crippen LogP contribution in [0.15, 0.2) is 42.5 Å². The number of hydrogen-bond acceptors (Lipinski definition) is 4. The standard InChI is InChI=1S/C19H19NO4/c1-13(2)20-16-8-15(10-21)9-17(19(16)24-12-18(20)22)23-11-14-6-4-3-5-7-14/h3-10,13H,11-12H2,1-2H3. The number of nitrogens with zero attached hydrogens (tertiary/aromatic N) is 1. The molecular formula is C19H19NO4. The first-order chi connectivity index (χ1) is 11.6. The monoisotopic (exact) mass is 325 g/mol. The van der Waals surface area contributed by atoms with E-state index < -0.39 is 0 Å². The Morgan fingerprint density at radius 3 is 2.67 bits per heavy atom. The summed E-state index contributed by atoms with van der Waals surface area (Å²) in [4.78, 5) is 25.1. The van der Waals surface area contributed by atoms with E-state index in [4.69, 9.17) is 9.47 Å². The van der Waals surface area contributed by atoms with E-state index in [1.807, 2.05) is 44.2 Å².